The molecule has 0 atom stereocenters. The molecule has 0 amide bonds. The molecule has 0 N–H and O–H groups in total. The van der Waals surface area contributed by atoms with Crippen LogP contribution < -0.4 is 5.63 Å². The average Bonchev–Trinajstić information content (AvgIpc) is 2.03. The Hall–Kier alpha value is -1.64. The quantitative estimate of drug-likeness (QED) is 0.553. The molecule has 2 nitrogen and oxygen atoms in total. The predicted molar refractivity (Wildman–Crippen MR) is 41.3 cm³/mol. The lowest BCUT2D eigenvalue weighted by Gasteiger charge is -1.93. The van der Waals surface area contributed by atoms with Crippen molar-refractivity contribution in [3.8, 4) is 0 Å². The lowest BCUT2D eigenvalue weighted by atomic mass is 10.2. The Labute approximate surface area is 67.2 Å². The summed E-state index contributed by atoms with van der Waals surface area (Å²) in [5, 5.41) is 0.594. The van der Waals surface area contributed by atoms with E-state index in [4.69, 9.17) is 4.42 Å². The Morgan fingerprint density at radius 3 is 3.08 bits per heavy atom. The fourth-order valence-corrected chi connectivity index (χ4v) is 0.974. The van der Waals surface area contributed by atoms with Crippen LogP contribution in [0.15, 0.2) is 33.5 Å². The van der Waals surface area contributed by atoms with Crippen molar-refractivity contribution in [3.63, 3.8) is 0 Å². The van der Waals surface area contributed by atoms with Crippen molar-refractivity contribution in [1.29, 1.82) is 0 Å². The van der Waals surface area contributed by atoms with Gasteiger partial charge < -0.3 is 4.42 Å². The van der Waals surface area contributed by atoms with Crippen LogP contribution in [-0.2, 0) is 0 Å². The van der Waals surface area contributed by atoms with Gasteiger partial charge in [-0.2, -0.15) is 0 Å². The van der Waals surface area contributed by atoms with Gasteiger partial charge in [0.2, 0.25) is 0 Å². The molecule has 0 bridgehead atoms. The number of hydrogen-bond acceptors (Lipinski definition) is 2. The predicted octanol–water partition coefficient (Wildman–Crippen LogP) is 1.73. The van der Waals surface area contributed by atoms with Gasteiger partial charge in [0, 0.05) is 23.6 Å². The SMILES string of the molecule is O=c1c[c]c2ccc(F)cc2o1. The van der Waals surface area contributed by atoms with Crippen molar-refractivity contribution in [2.45, 2.75) is 0 Å². The van der Waals surface area contributed by atoms with Crippen LogP contribution in [0.25, 0.3) is 11.0 Å². The molecule has 0 saturated heterocycles. The molecule has 3 heteroatoms. The van der Waals surface area contributed by atoms with E-state index in [-0.39, 0.29) is 5.58 Å². The minimum Gasteiger partial charge on any atom is -0.423 e. The highest BCUT2D eigenvalue weighted by Crippen LogP contribution is 2.11. The summed E-state index contributed by atoms with van der Waals surface area (Å²) in [6.07, 6.45) is 0. The zero-order valence-electron chi connectivity index (χ0n) is 6.00. The third-order valence-corrected chi connectivity index (χ3v) is 1.50. The first-order chi connectivity index (χ1) is 5.75. The van der Waals surface area contributed by atoms with Gasteiger partial charge in [0.25, 0.3) is 0 Å². The molecule has 0 fully saturated rings. The van der Waals surface area contributed by atoms with E-state index in [1.54, 1.807) is 0 Å². The van der Waals surface area contributed by atoms with Gasteiger partial charge in [-0.05, 0) is 12.1 Å². The second-order valence-electron chi connectivity index (χ2n) is 2.35. The molecule has 0 saturated carbocycles. The number of fused-ring (bicyclic) bond motifs is 1. The van der Waals surface area contributed by atoms with E-state index in [1.807, 2.05) is 0 Å². The third kappa shape index (κ3) is 1.09. The first-order valence-corrected chi connectivity index (χ1v) is 3.37. The maximum Gasteiger partial charge on any atom is 0.336 e. The normalized spacial score (nSPS) is 10.4. The van der Waals surface area contributed by atoms with Crippen LogP contribution in [0.5, 0.6) is 0 Å². The lowest BCUT2D eigenvalue weighted by molar-refractivity contribution is 0.554. The number of benzene rings is 1. The van der Waals surface area contributed by atoms with Crippen LogP contribution in [0.4, 0.5) is 4.39 Å². The molecular weight excluding hydrogens is 159 g/mol. The van der Waals surface area contributed by atoms with Gasteiger partial charge in [0.1, 0.15) is 11.4 Å². The van der Waals surface area contributed by atoms with Gasteiger partial charge in [-0.3, -0.25) is 0 Å². The summed E-state index contributed by atoms with van der Waals surface area (Å²) in [5.41, 5.74) is -0.296. The van der Waals surface area contributed by atoms with Gasteiger partial charge in [0.15, 0.2) is 0 Å². The Kier molecular flexibility index (Phi) is 1.43. The van der Waals surface area contributed by atoms with Gasteiger partial charge in [-0.25, -0.2) is 9.18 Å². The zero-order valence-corrected chi connectivity index (χ0v) is 6.00. The standard InChI is InChI=1S/C9H4FO2/c10-7-3-1-6-2-4-9(11)12-8(6)5-7/h1,3-5H. The Morgan fingerprint density at radius 1 is 1.42 bits per heavy atom. The molecule has 0 spiro atoms. The summed E-state index contributed by atoms with van der Waals surface area (Å²) in [7, 11) is 0. The van der Waals surface area contributed by atoms with Crippen molar-refractivity contribution in [2.75, 3.05) is 0 Å². The van der Waals surface area contributed by atoms with Crippen LogP contribution in [0.1, 0.15) is 0 Å². The fourth-order valence-electron chi connectivity index (χ4n) is 0.974. The summed E-state index contributed by atoms with van der Waals surface area (Å²) in [4.78, 5) is 10.7. The van der Waals surface area contributed by atoms with E-state index < -0.39 is 11.4 Å². The highest BCUT2D eigenvalue weighted by molar-refractivity contribution is 5.75. The second kappa shape index (κ2) is 2.44. The molecule has 12 heavy (non-hydrogen) atoms. The van der Waals surface area contributed by atoms with Gasteiger partial charge in [-0.1, -0.05) is 0 Å². The molecule has 0 aliphatic carbocycles. The maximum atomic E-state index is 12.6. The highest BCUT2D eigenvalue weighted by atomic mass is 19.1. The molecule has 1 aromatic carbocycles. The topological polar surface area (TPSA) is 30.2 Å². The van der Waals surface area contributed by atoms with Crippen molar-refractivity contribution in [3.05, 3.63) is 46.6 Å². The first kappa shape index (κ1) is 7.03. The van der Waals surface area contributed by atoms with Crippen molar-refractivity contribution in [2.24, 2.45) is 0 Å². The maximum absolute atomic E-state index is 12.6. The molecule has 1 radical (unpaired) electrons. The first-order valence-electron chi connectivity index (χ1n) is 3.37. The summed E-state index contributed by atoms with van der Waals surface area (Å²) in [6, 6.07) is 7.81. The summed E-state index contributed by atoms with van der Waals surface area (Å²) in [5.74, 6) is -0.426. The minimum atomic E-state index is -0.520. The van der Waals surface area contributed by atoms with Crippen molar-refractivity contribution < 1.29 is 8.81 Å². The average molecular weight is 163 g/mol. The molecule has 0 aliphatic rings. The minimum absolute atomic E-state index is 0.225. The number of halogens is 1. The van der Waals surface area contributed by atoms with Crippen LogP contribution >= 0.6 is 0 Å². The smallest absolute Gasteiger partial charge is 0.336 e. The highest BCUT2D eigenvalue weighted by Gasteiger charge is 1.97. The monoisotopic (exact) mass is 163 g/mol. The molecule has 1 heterocycles. The van der Waals surface area contributed by atoms with Crippen LogP contribution in [-0.4, -0.2) is 0 Å². The lowest BCUT2D eigenvalue weighted by Crippen LogP contribution is -1.94. The van der Waals surface area contributed by atoms with E-state index >= 15 is 0 Å². The van der Waals surface area contributed by atoms with Gasteiger partial charge in [-0.15, -0.1) is 0 Å². The van der Waals surface area contributed by atoms with Crippen LogP contribution in [0.3, 0.4) is 0 Å². The third-order valence-electron chi connectivity index (χ3n) is 1.50. The zero-order chi connectivity index (χ0) is 8.55. The van der Waals surface area contributed by atoms with Crippen LogP contribution in [0.2, 0.25) is 0 Å². The largest absolute Gasteiger partial charge is 0.423 e. The Bertz CT molecular complexity index is 473. The van der Waals surface area contributed by atoms with Crippen molar-refractivity contribution >= 4 is 11.0 Å². The van der Waals surface area contributed by atoms with Gasteiger partial charge in [0.05, 0.1) is 0 Å². The molecule has 0 unspecified atom stereocenters. The van der Waals surface area contributed by atoms with Gasteiger partial charge >= 0.3 is 5.63 Å². The van der Waals surface area contributed by atoms with Crippen molar-refractivity contribution in [1.82, 2.24) is 0 Å². The van der Waals surface area contributed by atoms with E-state index in [1.165, 1.54) is 18.2 Å². The van der Waals surface area contributed by atoms with E-state index in [0.29, 0.717) is 5.39 Å². The summed E-state index contributed by atoms with van der Waals surface area (Å²) in [6.45, 7) is 0. The molecule has 2 rings (SSSR count). The van der Waals surface area contributed by atoms with E-state index in [2.05, 4.69) is 6.07 Å². The Morgan fingerprint density at radius 2 is 2.25 bits per heavy atom. The molecule has 59 valence electrons. The summed E-state index contributed by atoms with van der Waals surface area (Å²) >= 11 is 0. The Balaban J connectivity index is 2.89. The molecular formula is C9H4FO2. The molecule has 2 aromatic rings. The fraction of sp³-hybridized carbons (Fsp3) is 0. The summed E-state index contributed by atoms with van der Waals surface area (Å²) < 4.78 is 17.3. The van der Waals surface area contributed by atoms with Crippen LogP contribution in [0, 0.1) is 11.9 Å². The number of hydrogen-bond donors (Lipinski definition) is 0. The number of rotatable bonds is 0. The van der Waals surface area contributed by atoms with E-state index in [0.717, 1.165) is 6.07 Å². The second-order valence-corrected chi connectivity index (χ2v) is 2.35. The van der Waals surface area contributed by atoms with E-state index in [9.17, 15) is 9.18 Å². The molecule has 1 aromatic heterocycles. The molecule has 0 aliphatic heterocycles.